The average molecular weight is 339 g/mol. The van der Waals surface area contributed by atoms with E-state index in [2.05, 4.69) is 26.5 Å². The molecule has 0 aliphatic carbocycles. The van der Waals surface area contributed by atoms with Gasteiger partial charge in [0.05, 0.1) is 6.54 Å². The van der Waals surface area contributed by atoms with Crippen molar-refractivity contribution < 1.29 is 9.84 Å². The molecule has 0 amide bonds. The van der Waals surface area contributed by atoms with E-state index in [-0.39, 0.29) is 13.2 Å². The first-order chi connectivity index (χ1) is 12.0. The summed E-state index contributed by atoms with van der Waals surface area (Å²) < 4.78 is 5.82. The molecule has 7 nitrogen and oxygen atoms in total. The van der Waals surface area contributed by atoms with E-state index in [9.17, 15) is 5.11 Å². The van der Waals surface area contributed by atoms with Crippen LogP contribution in [0.5, 0.6) is 5.75 Å². The van der Waals surface area contributed by atoms with Crippen molar-refractivity contribution in [1.29, 1.82) is 0 Å². The number of tetrazole rings is 1. The van der Waals surface area contributed by atoms with E-state index in [1.807, 2.05) is 39.0 Å². The highest BCUT2D eigenvalue weighted by molar-refractivity contribution is 5.51. The molecule has 2 heterocycles. The Morgan fingerprint density at radius 2 is 1.96 bits per heavy atom. The molecule has 3 rings (SSSR count). The second kappa shape index (κ2) is 7.40. The Balaban J connectivity index is 1.61. The van der Waals surface area contributed by atoms with E-state index >= 15 is 0 Å². The number of rotatable bonds is 6. The third-order valence-electron chi connectivity index (χ3n) is 4.04. The van der Waals surface area contributed by atoms with Crippen molar-refractivity contribution >= 4 is 0 Å². The fourth-order valence-electron chi connectivity index (χ4n) is 2.50. The molecule has 0 spiro atoms. The van der Waals surface area contributed by atoms with Crippen LogP contribution in [0.3, 0.4) is 0 Å². The maximum atomic E-state index is 10.2. The molecule has 130 valence electrons. The smallest absolute Gasteiger partial charge is 0.206 e. The quantitative estimate of drug-likeness (QED) is 0.740. The van der Waals surface area contributed by atoms with E-state index in [0.29, 0.717) is 5.82 Å². The highest BCUT2D eigenvalue weighted by Gasteiger charge is 2.13. The maximum absolute atomic E-state index is 10.2. The lowest BCUT2D eigenvalue weighted by Crippen LogP contribution is -2.25. The molecule has 0 fully saturated rings. The van der Waals surface area contributed by atoms with Gasteiger partial charge in [-0.3, -0.25) is 4.98 Å². The molecule has 0 radical (unpaired) electrons. The van der Waals surface area contributed by atoms with Crippen LogP contribution in [-0.4, -0.2) is 43.0 Å². The van der Waals surface area contributed by atoms with Crippen molar-refractivity contribution in [2.75, 3.05) is 6.61 Å². The monoisotopic (exact) mass is 339 g/mol. The van der Waals surface area contributed by atoms with Crippen LogP contribution >= 0.6 is 0 Å². The van der Waals surface area contributed by atoms with Crippen LogP contribution in [0.25, 0.3) is 11.4 Å². The summed E-state index contributed by atoms with van der Waals surface area (Å²) in [6.45, 7) is 6.42. The Morgan fingerprint density at radius 3 is 2.72 bits per heavy atom. The largest absolute Gasteiger partial charge is 0.490 e. The second-order valence-corrected chi connectivity index (χ2v) is 6.03. The summed E-state index contributed by atoms with van der Waals surface area (Å²) in [7, 11) is 0. The first kappa shape index (κ1) is 17.0. The van der Waals surface area contributed by atoms with Gasteiger partial charge in [0.2, 0.25) is 5.82 Å². The van der Waals surface area contributed by atoms with E-state index < -0.39 is 6.10 Å². The highest BCUT2D eigenvalue weighted by Crippen LogP contribution is 2.25. The van der Waals surface area contributed by atoms with Gasteiger partial charge in [0, 0.05) is 18.0 Å². The zero-order chi connectivity index (χ0) is 17.8. The van der Waals surface area contributed by atoms with Gasteiger partial charge in [-0.15, -0.1) is 10.2 Å². The number of pyridine rings is 1. The molecule has 0 aliphatic heterocycles. The standard InChI is InChI=1S/C18H21N5O2/c1-12-6-7-13(2)17(14(12)3)25-11-16(24)10-23-21-18(20-22-23)15-5-4-8-19-9-15/h4-9,16,24H,10-11H2,1-3H3/t16-/m1/s1. The predicted octanol–water partition coefficient (Wildman–Crippen LogP) is 2.10. The zero-order valence-electron chi connectivity index (χ0n) is 14.5. The zero-order valence-corrected chi connectivity index (χ0v) is 14.5. The van der Waals surface area contributed by atoms with E-state index in [1.54, 1.807) is 12.4 Å². The van der Waals surface area contributed by atoms with Crippen molar-refractivity contribution in [1.82, 2.24) is 25.2 Å². The Kier molecular flexibility index (Phi) is 5.04. The molecule has 3 aromatic rings. The molecule has 2 aromatic heterocycles. The molecule has 1 atom stereocenters. The summed E-state index contributed by atoms with van der Waals surface area (Å²) in [6, 6.07) is 7.75. The molecule has 25 heavy (non-hydrogen) atoms. The number of benzene rings is 1. The van der Waals surface area contributed by atoms with Crippen LogP contribution in [0.1, 0.15) is 16.7 Å². The molecular formula is C18H21N5O2. The van der Waals surface area contributed by atoms with Crippen molar-refractivity contribution in [3.05, 3.63) is 53.3 Å². The summed E-state index contributed by atoms with van der Waals surface area (Å²) in [6.07, 6.45) is 2.62. The average Bonchev–Trinajstić information content (AvgIpc) is 3.07. The summed E-state index contributed by atoms with van der Waals surface area (Å²) in [4.78, 5) is 5.40. The first-order valence-electron chi connectivity index (χ1n) is 8.10. The fourth-order valence-corrected chi connectivity index (χ4v) is 2.50. The topological polar surface area (TPSA) is 86.0 Å². The van der Waals surface area contributed by atoms with Gasteiger partial charge >= 0.3 is 0 Å². The molecule has 0 unspecified atom stereocenters. The molecule has 0 saturated heterocycles. The number of hydrogen-bond acceptors (Lipinski definition) is 6. The number of ether oxygens (including phenoxy) is 1. The van der Waals surface area contributed by atoms with Gasteiger partial charge in [-0.2, -0.15) is 4.80 Å². The van der Waals surface area contributed by atoms with Crippen LogP contribution < -0.4 is 4.74 Å². The number of aryl methyl sites for hydroxylation is 2. The molecule has 1 aromatic carbocycles. The van der Waals surface area contributed by atoms with Crippen molar-refractivity contribution in [3.8, 4) is 17.1 Å². The van der Waals surface area contributed by atoms with Crippen LogP contribution in [0.15, 0.2) is 36.7 Å². The summed E-state index contributed by atoms with van der Waals surface area (Å²) in [5.74, 6) is 1.30. The van der Waals surface area contributed by atoms with Gasteiger partial charge in [-0.1, -0.05) is 12.1 Å². The predicted molar refractivity (Wildman–Crippen MR) is 93.2 cm³/mol. The van der Waals surface area contributed by atoms with Gasteiger partial charge < -0.3 is 9.84 Å². The molecule has 7 heteroatoms. The number of aliphatic hydroxyl groups excluding tert-OH is 1. The van der Waals surface area contributed by atoms with Crippen LogP contribution in [0, 0.1) is 20.8 Å². The van der Waals surface area contributed by atoms with Gasteiger partial charge in [0.1, 0.15) is 18.5 Å². The molecular weight excluding hydrogens is 318 g/mol. The lowest BCUT2D eigenvalue weighted by atomic mass is 10.1. The number of nitrogens with zero attached hydrogens (tertiary/aromatic N) is 5. The van der Waals surface area contributed by atoms with Crippen LogP contribution in [-0.2, 0) is 6.54 Å². The van der Waals surface area contributed by atoms with Gasteiger partial charge in [-0.25, -0.2) is 0 Å². The van der Waals surface area contributed by atoms with Gasteiger partial charge in [-0.05, 0) is 54.8 Å². The Hall–Kier alpha value is -2.80. The third kappa shape index (κ3) is 4.00. The number of aliphatic hydroxyl groups is 1. The minimum absolute atomic E-state index is 0.162. The Bertz CT molecular complexity index is 848. The van der Waals surface area contributed by atoms with E-state index in [4.69, 9.17) is 4.74 Å². The lowest BCUT2D eigenvalue weighted by Gasteiger charge is -2.16. The van der Waals surface area contributed by atoms with Gasteiger partial charge in [0.15, 0.2) is 0 Å². The minimum atomic E-state index is -0.740. The number of aromatic nitrogens is 5. The normalized spacial score (nSPS) is 12.2. The molecule has 0 saturated carbocycles. The minimum Gasteiger partial charge on any atom is -0.490 e. The van der Waals surface area contributed by atoms with Crippen LogP contribution in [0.2, 0.25) is 0 Å². The molecule has 1 N–H and O–H groups in total. The Labute approximate surface area is 146 Å². The third-order valence-corrected chi connectivity index (χ3v) is 4.04. The SMILES string of the molecule is Cc1ccc(C)c(OC[C@H](O)Cn2nnc(-c3cccnc3)n2)c1C. The first-order valence-corrected chi connectivity index (χ1v) is 8.10. The molecule has 0 bridgehead atoms. The summed E-state index contributed by atoms with van der Waals surface area (Å²) >= 11 is 0. The maximum Gasteiger partial charge on any atom is 0.206 e. The highest BCUT2D eigenvalue weighted by atomic mass is 16.5. The van der Waals surface area contributed by atoms with Gasteiger partial charge in [0.25, 0.3) is 0 Å². The summed E-state index contributed by atoms with van der Waals surface area (Å²) in [5.41, 5.74) is 4.08. The lowest BCUT2D eigenvalue weighted by molar-refractivity contribution is 0.0843. The van der Waals surface area contributed by atoms with Crippen molar-refractivity contribution in [2.45, 2.75) is 33.4 Å². The van der Waals surface area contributed by atoms with Crippen molar-refractivity contribution in [3.63, 3.8) is 0 Å². The second-order valence-electron chi connectivity index (χ2n) is 6.03. The fraction of sp³-hybridized carbons (Fsp3) is 0.333. The van der Waals surface area contributed by atoms with E-state index in [0.717, 1.165) is 28.0 Å². The van der Waals surface area contributed by atoms with Crippen molar-refractivity contribution in [2.24, 2.45) is 0 Å². The Morgan fingerprint density at radius 1 is 1.16 bits per heavy atom. The summed E-state index contributed by atoms with van der Waals surface area (Å²) in [5, 5.41) is 22.4. The number of hydrogen-bond donors (Lipinski definition) is 1. The van der Waals surface area contributed by atoms with Crippen LogP contribution in [0.4, 0.5) is 0 Å². The molecule has 0 aliphatic rings. The van der Waals surface area contributed by atoms with E-state index in [1.165, 1.54) is 4.80 Å².